The van der Waals surface area contributed by atoms with Crippen molar-refractivity contribution in [3.8, 4) is 5.75 Å². The molecule has 0 saturated heterocycles. The van der Waals surface area contributed by atoms with Gasteiger partial charge in [0.1, 0.15) is 17.8 Å². The fourth-order valence-electron chi connectivity index (χ4n) is 4.45. The van der Waals surface area contributed by atoms with E-state index in [9.17, 15) is 4.79 Å². The highest BCUT2D eigenvalue weighted by atomic mass is 32.1. The average Bonchev–Trinajstić information content (AvgIpc) is 3.29. The van der Waals surface area contributed by atoms with Gasteiger partial charge < -0.3 is 9.64 Å². The normalized spacial score (nSPS) is 20.4. The molecule has 5 heteroatoms. The number of fused-ring (bicyclic) bond motifs is 5. The molecule has 2 aliphatic rings. The van der Waals surface area contributed by atoms with Crippen molar-refractivity contribution in [3.05, 3.63) is 52.5 Å². The number of aryl methyl sites for hydroxylation is 1. The lowest BCUT2D eigenvalue weighted by molar-refractivity contribution is -0.122. The highest BCUT2D eigenvalue weighted by molar-refractivity contribution is 7.18. The van der Waals surface area contributed by atoms with Gasteiger partial charge in [-0.1, -0.05) is 38.0 Å². The first-order valence-corrected chi connectivity index (χ1v) is 10.4. The number of carbonyl (C=O) groups is 1. The van der Waals surface area contributed by atoms with Crippen molar-refractivity contribution in [2.45, 2.75) is 38.5 Å². The summed E-state index contributed by atoms with van der Waals surface area (Å²) >= 11 is 1.67. The molecule has 1 amide bonds. The second kappa shape index (κ2) is 6.06. The van der Waals surface area contributed by atoms with E-state index in [-0.39, 0.29) is 5.91 Å². The maximum atomic E-state index is 13.7. The predicted octanol–water partition coefficient (Wildman–Crippen LogP) is 4.82. The molecule has 1 unspecified atom stereocenters. The zero-order valence-electron chi connectivity index (χ0n) is 15.6. The summed E-state index contributed by atoms with van der Waals surface area (Å²) in [6.07, 6.45) is 3.30. The van der Waals surface area contributed by atoms with Crippen LogP contribution in [0, 0.1) is 6.92 Å². The number of aromatic nitrogens is 1. The summed E-state index contributed by atoms with van der Waals surface area (Å²) in [4.78, 5) is 20.3. The number of anilines is 1. The van der Waals surface area contributed by atoms with E-state index in [4.69, 9.17) is 4.74 Å². The third-order valence-electron chi connectivity index (χ3n) is 5.75. The molecular weight excluding hydrogens is 356 g/mol. The van der Waals surface area contributed by atoms with Crippen molar-refractivity contribution in [3.63, 3.8) is 0 Å². The Kier molecular flexibility index (Phi) is 3.76. The Balaban J connectivity index is 1.67. The molecule has 3 heterocycles. The molecule has 0 N–H and O–H groups in total. The number of thiazole rings is 1. The number of hydrogen-bond acceptors (Lipinski definition) is 4. The zero-order valence-corrected chi connectivity index (χ0v) is 16.4. The van der Waals surface area contributed by atoms with Crippen LogP contribution < -0.4 is 9.64 Å². The van der Waals surface area contributed by atoms with Crippen molar-refractivity contribution >= 4 is 33.1 Å². The van der Waals surface area contributed by atoms with Crippen molar-refractivity contribution in [1.29, 1.82) is 0 Å². The SMILES string of the molecule is CCCCCN1C(=O)C2(COc3cc4nc(C)sc4cc32)c2ccccc21. The van der Waals surface area contributed by atoms with Crippen LogP contribution in [0.25, 0.3) is 10.2 Å². The minimum atomic E-state index is -0.718. The minimum Gasteiger partial charge on any atom is -0.491 e. The minimum absolute atomic E-state index is 0.152. The van der Waals surface area contributed by atoms with Crippen LogP contribution in [0.1, 0.15) is 42.3 Å². The van der Waals surface area contributed by atoms with Crippen LogP contribution in [0.2, 0.25) is 0 Å². The zero-order chi connectivity index (χ0) is 18.6. The maximum absolute atomic E-state index is 13.7. The Morgan fingerprint density at radius 3 is 2.93 bits per heavy atom. The number of hydrogen-bond donors (Lipinski definition) is 0. The van der Waals surface area contributed by atoms with E-state index in [0.717, 1.165) is 63.6 Å². The Bertz CT molecular complexity index is 1060. The molecule has 0 saturated carbocycles. The number of unbranched alkanes of at least 4 members (excludes halogenated alkanes) is 2. The summed E-state index contributed by atoms with van der Waals surface area (Å²) in [5.74, 6) is 0.950. The van der Waals surface area contributed by atoms with E-state index >= 15 is 0 Å². The second-order valence-corrected chi connectivity index (χ2v) is 8.66. The van der Waals surface area contributed by atoms with Crippen LogP contribution >= 0.6 is 11.3 Å². The molecule has 1 spiro atoms. The van der Waals surface area contributed by atoms with Gasteiger partial charge in [-0.2, -0.15) is 0 Å². The van der Waals surface area contributed by atoms with E-state index in [1.807, 2.05) is 30.0 Å². The van der Waals surface area contributed by atoms with E-state index in [1.165, 1.54) is 0 Å². The van der Waals surface area contributed by atoms with E-state index in [0.29, 0.717) is 6.61 Å². The monoisotopic (exact) mass is 378 g/mol. The summed E-state index contributed by atoms with van der Waals surface area (Å²) in [7, 11) is 0. The van der Waals surface area contributed by atoms with Gasteiger partial charge in [-0.3, -0.25) is 4.79 Å². The van der Waals surface area contributed by atoms with Gasteiger partial charge in [0, 0.05) is 23.9 Å². The first-order valence-electron chi connectivity index (χ1n) is 9.61. The Hall–Kier alpha value is -2.40. The molecule has 27 heavy (non-hydrogen) atoms. The topological polar surface area (TPSA) is 42.4 Å². The molecule has 1 aromatic heterocycles. The van der Waals surface area contributed by atoms with Gasteiger partial charge in [0.2, 0.25) is 5.91 Å². The van der Waals surface area contributed by atoms with Crippen molar-refractivity contribution in [2.24, 2.45) is 0 Å². The van der Waals surface area contributed by atoms with Gasteiger partial charge >= 0.3 is 0 Å². The Morgan fingerprint density at radius 2 is 2.07 bits per heavy atom. The Morgan fingerprint density at radius 1 is 1.22 bits per heavy atom. The van der Waals surface area contributed by atoms with E-state index in [2.05, 4.69) is 30.1 Å². The first-order chi connectivity index (χ1) is 13.1. The van der Waals surface area contributed by atoms with Crippen LogP contribution in [0.4, 0.5) is 5.69 Å². The van der Waals surface area contributed by atoms with Crippen LogP contribution in [0.5, 0.6) is 5.75 Å². The van der Waals surface area contributed by atoms with E-state index in [1.54, 1.807) is 11.3 Å². The van der Waals surface area contributed by atoms with E-state index < -0.39 is 5.41 Å². The van der Waals surface area contributed by atoms with Crippen LogP contribution in [0.15, 0.2) is 36.4 Å². The number of benzene rings is 2. The molecule has 4 nitrogen and oxygen atoms in total. The molecule has 5 rings (SSSR count). The van der Waals surface area contributed by atoms with Crippen LogP contribution in [0.3, 0.4) is 0 Å². The summed E-state index contributed by atoms with van der Waals surface area (Å²) in [6, 6.07) is 12.3. The molecule has 0 bridgehead atoms. The number of carbonyl (C=O) groups excluding carboxylic acids is 1. The molecule has 1 atom stereocenters. The standard InChI is InChI=1S/C22H22N2O2S/c1-3-4-7-10-24-18-9-6-5-8-15(18)22(21(24)25)13-26-19-12-17-20(11-16(19)22)27-14(2)23-17/h5-6,8-9,11-12H,3-4,7,10,13H2,1-2H3. The van der Waals surface area contributed by atoms with Crippen molar-refractivity contribution < 1.29 is 9.53 Å². The maximum Gasteiger partial charge on any atom is 0.245 e. The molecule has 0 aliphatic carbocycles. The van der Waals surface area contributed by atoms with Crippen LogP contribution in [-0.4, -0.2) is 24.0 Å². The van der Waals surface area contributed by atoms with Crippen LogP contribution in [-0.2, 0) is 10.2 Å². The third kappa shape index (κ3) is 2.27. The number of amides is 1. The molecule has 3 aromatic rings. The first kappa shape index (κ1) is 16.8. The molecule has 138 valence electrons. The summed E-state index contributed by atoms with van der Waals surface area (Å²) in [5, 5.41) is 1.03. The van der Waals surface area contributed by atoms with Gasteiger partial charge in [0.05, 0.1) is 15.2 Å². The Labute approximate surface area is 162 Å². The van der Waals surface area contributed by atoms with Gasteiger partial charge in [-0.05, 0) is 31.0 Å². The largest absolute Gasteiger partial charge is 0.491 e. The number of para-hydroxylation sites is 1. The van der Waals surface area contributed by atoms with Gasteiger partial charge in [0.25, 0.3) is 0 Å². The summed E-state index contributed by atoms with van der Waals surface area (Å²) in [6.45, 7) is 5.34. The number of nitrogens with zero attached hydrogens (tertiary/aromatic N) is 2. The smallest absolute Gasteiger partial charge is 0.245 e. The molecule has 0 radical (unpaired) electrons. The summed E-state index contributed by atoms with van der Waals surface area (Å²) < 4.78 is 7.19. The highest BCUT2D eigenvalue weighted by Gasteiger charge is 2.56. The van der Waals surface area contributed by atoms with Gasteiger partial charge in [-0.15, -0.1) is 11.3 Å². The molecule has 2 aliphatic heterocycles. The fourth-order valence-corrected chi connectivity index (χ4v) is 5.30. The van der Waals surface area contributed by atoms with Gasteiger partial charge in [0.15, 0.2) is 0 Å². The van der Waals surface area contributed by atoms with Gasteiger partial charge in [-0.25, -0.2) is 4.98 Å². The fraction of sp³-hybridized carbons (Fsp3) is 0.364. The molecular formula is C22H22N2O2S. The lowest BCUT2D eigenvalue weighted by Crippen LogP contribution is -2.42. The predicted molar refractivity (Wildman–Crippen MR) is 109 cm³/mol. The second-order valence-electron chi connectivity index (χ2n) is 7.42. The lowest BCUT2D eigenvalue weighted by atomic mass is 9.77. The molecule has 0 fully saturated rings. The third-order valence-corrected chi connectivity index (χ3v) is 6.68. The number of rotatable bonds is 4. The van der Waals surface area contributed by atoms with Crippen molar-refractivity contribution in [2.75, 3.05) is 18.1 Å². The number of ether oxygens (including phenoxy) is 1. The summed E-state index contributed by atoms with van der Waals surface area (Å²) in [5.41, 5.74) is 3.34. The highest BCUT2D eigenvalue weighted by Crippen LogP contribution is 2.53. The quantitative estimate of drug-likeness (QED) is 0.611. The average molecular weight is 378 g/mol. The lowest BCUT2D eigenvalue weighted by Gasteiger charge is -2.23. The van der Waals surface area contributed by atoms with Crippen molar-refractivity contribution in [1.82, 2.24) is 4.98 Å². The molecule has 2 aromatic carbocycles.